The third-order valence-electron chi connectivity index (χ3n) is 3.67. The van der Waals surface area contributed by atoms with E-state index in [9.17, 15) is 9.90 Å². The number of nitrogens with zero attached hydrogens (tertiary/aromatic N) is 1. The van der Waals surface area contributed by atoms with Crippen LogP contribution in [0.5, 0.6) is 0 Å². The van der Waals surface area contributed by atoms with Gasteiger partial charge in [-0.2, -0.15) is 0 Å². The number of carboxylic acids is 1. The van der Waals surface area contributed by atoms with E-state index < -0.39 is 11.5 Å². The summed E-state index contributed by atoms with van der Waals surface area (Å²) in [4.78, 5) is 13.8. The molecule has 0 aromatic heterocycles. The van der Waals surface area contributed by atoms with Gasteiger partial charge in [0.1, 0.15) is 5.54 Å². The fourth-order valence-electron chi connectivity index (χ4n) is 2.42. The molecule has 0 aliphatic carbocycles. The second kappa shape index (κ2) is 5.39. The van der Waals surface area contributed by atoms with Gasteiger partial charge in [0.25, 0.3) is 0 Å². The Labute approximate surface area is 118 Å². The van der Waals surface area contributed by atoms with E-state index in [1.807, 2.05) is 12.1 Å². The van der Waals surface area contributed by atoms with Crippen molar-refractivity contribution in [1.29, 1.82) is 0 Å². The number of benzene rings is 1. The molecule has 1 aliphatic rings. The van der Waals surface area contributed by atoms with Gasteiger partial charge in [-0.05, 0) is 44.5 Å². The molecule has 0 radical (unpaired) electrons. The molecule has 1 aromatic carbocycles. The van der Waals surface area contributed by atoms with E-state index in [1.165, 1.54) is 0 Å². The van der Waals surface area contributed by atoms with Crippen LogP contribution in [0, 0.1) is 0 Å². The van der Waals surface area contributed by atoms with Gasteiger partial charge >= 0.3 is 5.97 Å². The van der Waals surface area contributed by atoms with Crippen molar-refractivity contribution in [2.75, 3.05) is 18.4 Å². The summed E-state index contributed by atoms with van der Waals surface area (Å²) in [5, 5.41) is 13.4. The van der Waals surface area contributed by atoms with Crippen LogP contribution >= 0.6 is 11.6 Å². The Kier molecular flexibility index (Phi) is 4.02. The van der Waals surface area contributed by atoms with Gasteiger partial charge in [0.2, 0.25) is 0 Å². The van der Waals surface area contributed by atoms with E-state index in [0.29, 0.717) is 24.0 Å². The Morgan fingerprint density at radius 1 is 1.42 bits per heavy atom. The first-order valence-corrected chi connectivity index (χ1v) is 6.82. The van der Waals surface area contributed by atoms with Crippen molar-refractivity contribution in [3.8, 4) is 0 Å². The third kappa shape index (κ3) is 3.01. The van der Waals surface area contributed by atoms with Gasteiger partial charge in [0.15, 0.2) is 0 Å². The van der Waals surface area contributed by atoms with Crippen molar-refractivity contribution in [3.63, 3.8) is 0 Å². The zero-order valence-corrected chi connectivity index (χ0v) is 11.9. The van der Waals surface area contributed by atoms with E-state index in [0.717, 1.165) is 12.2 Å². The predicted octanol–water partition coefficient (Wildman–Crippen LogP) is 2.69. The van der Waals surface area contributed by atoms with Crippen molar-refractivity contribution in [1.82, 2.24) is 4.90 Å². The molecule has 5 heteroatoms. The lowest BCUT2D eigenvalue weighted by molar-refractivity contribution is -0.141. The molecule has 0 bridgehead atoms. The Hall–Kier alpha value is -1.26. The molecular formula is C14H19ClN2O2. The molecule has 1 atom stereocenters. The second-order valence-corrected chi connectivity index (χ2v) is 5.77. The van der Waals surface area contributed by atoms with Crippen LogP contribution in [-0.4, -0.2) is 40.6 Å². The maximum Gasteiger partial charge on any atom is 0.330 e. The minimum atomic E-state index is -0.905. The number of aliphatic carboxylic acids is 1. The first kappa shape index (κ1) is 14.2. The molecular weight excluding hydrogens is 264 g/mol. The minimum absolute atomic E-state index is 0.355. The normalized spacial score (nSPS) is 23.8. The Morgan fingerprint density at radius 2 is 2.05 bits per heavy atom. The summed E-state index contributed by atoms with van der Waals surface area (Å²) in [5.41, 5.74) is -0.115. The van der Waals surface area contributed by atoms with Crippen LogP contribution in [-0.2, 0) is 4.79 Å². The number of hydrogen-bond donors (Lipinski definition) is 2. The van der Waals surface area contributed by atoms with Gasteiger partial charge in [0, 0.05) is 29.8 Å². The number of anilines is 1. The first-order valence-electron chi connectivity index (χ1n) is 6.44. The average molecular weight is 283 g/mol. The maximum absolute atomic E-state index is 11.6. The van der Waals surface area contributed by atoms with Crippen LogP contribution in [0.2, 0.25) is 5.02 Å². The van der Waals surface area contributed by atoms with Crippen LogP contribution in [0.15, 0.2) is 24.3 Å². The molecule has 1 unspecified atom stereocenters. The molecule has 1 fully saturated rings. The number of carboxylic acid groups (broad SMARTS) is 1. The molecule has 0 amide bonds. The van der Waals surface area contributed by atoms with Gasteiger partial charge in [0.05, 0.1) is 0 Å². The van der Waals surface area contributed by atoms with Gasteiger partial charge < -0.3 is 10.4 Å². The lowest BCUT2D eigenvalue weighted by Gasteiger charge is -2.28. The summed E-state index contributed by atoms with van der Waals surface area (Å²) < 4.78 is 0. The predicted molar refractivity (Wildman–Crippen MR) is 76.8 cm³/mol. The summed E-state index contributed by atoms with van der Waals surface area (Å²) in [7, 11) is 0. The van der Waals surface area contributed by atoms with Gasteiger partial charge in [-0.3, -0.25) is 4.90 Å². The lowest BCUT2D eigenvalue weighted by atomic mass is 9.98. The number of nitrogens with one attached hydrogen (secondary N) is 1. The highest BCUT2D eigenvalue weighted by Gasteiger charge is 2.45. The first-order chi connectivity index (χ1) is 8.93. The third-order valence-corrected chi connectivity index (χ3v) is 3.92. The number of rotatable bonds is 4. The highest BCUT2D eigenvalue weighted by Crippen LogP contribution is 2.28. The molecule has 0 spiro atoms. The zero-order valence-electron chi connectivity index (χ0n) is 11.2. The fraction of sp³-hybridized carbons (Fsp3) is 0.500. The number of halogens is 1. The molecule has 0 saturated carbocycles. The van der Waals surface area contributed by atoms with Gasteiger partial charge in [-0.15, -0.1) is 0 Å². The van der Waals surface area contributed by atoms with Crippen molar-refractivity contribution in [2.45, 2.75) is 31.8 Å². The molecule has 2 rings (SSSR count). The summed E-state index contributed by atoms with van der Waals surface area (Å²) in [5.74, 6) is -0.800. The summed E-state index contributed by atoms with van der Waals surface area (Å²) in [6.07, 6.45) is 0.600. The maximum atomic E-state index is 11.6. The van der Waals surface area contributed by atoms with Crippen LogP contribution in [0.25, 0.3) is 0 Å². The van der Waals surface area contributed by atoms with E-state index in [-0.39, 0.29) is 0 Å². The Balaban J connectivity index is 2.17. The topological polar surface area (TPSA) is 52.6 Å². The summed E-state index contributed by atoms with van der Waals surface area (Å²) in [6.45, 7) is 5.48. The monoisotopic (exact) mass is 282 g/mol. The van der Waals surface area contributed by atoms with Crippen LogP contribution < -0.4 is 5.32 Å². The largest absolute Gasteiger partial charge is 0.479 e. The minimum Gasteiger partial charge on any atom is -0.479 e. The standard InChI is InChI=1S/C14H19ClN2O2/c1-10(2)17-8-7-14(9-17,13(18)19)16-12-5-3-11(15)4-6-12/h3-6,10,16H,7-9H2,1-2H3,(H,18,19). The summed E-state index contributed by atoms with van der Waals surface area (Å²) >= 11 is 5.84. The molecule has 104 valence electrons. The molecule has 1 heterocycles. The van der Waals surface area contributed by atoms with E-state index in [2.05, 4.69) is 24.1 Å². The van der Waals surface area contributed by atoms with E-state index >= 15 is 0 Å². The van der Waals surface area contributed by atoms with E-state index in [4.69, 9.17) is 11.6 Å². The van der Waals surface area contributed by atoms with Crippen molar-refractivity contribution in [3.05, 3.63) is 29.3 Å². The van der Waals surface area contributed by atoms with Crippen molar-refractivity contribution >= 4 is 23.3 Å². The van der Waals surface area contributed by atoms with Gasteiger partial charge in [-0.1, -0.05) is 11.6 Å². The van der Waals surface area contributed by atoms with Crippen molar-refractivity contribution in [2.24, 2.45) is 0 Å². The number of carbonyl (C=O) groups is 1. The average Bonchev–Trinajstić information content (AvgIpc) is 2.78. The molecule has 4 nitrogen and oxygen atoms in total. The zero-order chi connectivity index (χ0) is 14.0. The molecule has 1 saturated heterocycles. The SMILES string of the molecule is CC(C)N1CCC(Nc2ccc(Cl)cc2)(C(=O)O)C1. The molecule has 2 N–H and O–H groups in total. The highest BCUT2D eigenvalue weighted by atomic mass is 35.5. The number of hydrogen-bond acceptors (Lipinski definition) is 3. The fourth-order valence-corrected chi connectivity index (χ4v) is 2.55. The Morgan fingerprint density at radius 3 is 2.53 bits per heavy atom. The number of likely N-dealkylation sites (tertiary alicyclic amines) is 1. The molecule has 19 heavy (non-hydrogen) atoms. The van der Waals surface area contributed by atoms with Crippen LogP contribution in [0.4, 0.5) is 5.69 Å². The molecule has 1 aromatic rings. The van der Waals surface area contributed by atoms with Crippen LogP contribution in [0.1, 0.15) is 20.3 Å². The smallest absolute Gasteiger partial charge is 0.330 e. The summed E-state index contributed by atoms with van der Waals surface area (Å²) in [6, 6.07) is 7.49. The lowest BCUT2D eigenvalue weighted by Crippen LogP contribution is -2.49. The van der Waals surface area contributed by atoms with E-state index in [1.54, 1.807) is 12.1 Å². The quantitative estimate of drug-likeness (QED) is 0.891. The van der Waals surface area contributed by atoms with Crippen molar-refractivity contribution < 1.29 is 9.90 Å². The van der Waals surface area contributed by atoms with Crippen LogP contribution in [0.3, 0.4) is 0 Å². The molecule has 1 aliphatic heterocycles. The Bertz CT molecular complexity index is 461. The second-order valence-electron chi connectivity index (χ2n) is 5.33. The highest BCUT2D eigenvalue weighted by molar-refractivity contribution is 6.30. The van der Waals surface area contributed by atoms with Gasteiger partial charge in [-0.25, -0.2) is 4.79 Å².